The summed E-state index contributed by atoms with van der Waals surface area (Å²) in [5.41, 5.74) is 2.39. The minimum Gasteiger partial charge on any atom is -0.492 e. The Balaban J connectivity index is 1.58. The molecule has 6 nitrogen and oxygen atoms in total. The van der Waals surface area contributed by atoms with Crippen LogP contribution in [0.15, 0.2) is 24.3 Å². The van der Waals surface area contributed by atoms with E-state index in [0.29, 0.717) is 39.7 Å². The monoisotopic (exact) mass is 427 g/mol. The zero-order chi connectivity index (χ0) is 19.4. The lowest BCUT2D eigenvalue weighted by Gasteiger charge is -2.17. The van der Waals surface area contributed by atoms with Gasteiger partial charge in [0.15, 0.2) is 5.65 Å². The molecule has 27 heavy (non-hydrogen) atoms. The number of rotatable bonds is 8. The summed E-state index contributed by atoms with van der Waals surface area (Å²) in [6, 6.07) is 7.15. The average molecular weight is 429 g/mol. The van der Waals surface area contributed by atoms with Crippen LogP contribution < -0.4 is 15.0 Å². The molecule has 0 aliphatic heterocycles. The molecule has 0 saturated carbocycles. The highest BCUT2D eigenvalue weighted by Gasteiger charge is 2.11. The van der Waals surface area contributed by atoms with Gasteiger partial charge in [-0.05, 0) is 31.2 Å². The Morgan fingerprint density at radius 1 is 1.19 bits per heavy atom. The standard InChI is InChI=1S/C18H20Cl3N5O/c1-3-27-16-11(8-12(19)9-13(16)20)10-22-6-7-26(2)18-23-14-4-5-15(21)24-17(14)25-18/h4-5,8-9,22H,3,6-7,10H2,1-2H3,(H,23,24,25). The van der Waals surface area contributed by atoms with Crippen molar-refractivity contribution >= 4 is 51.9 Å². The van der Waals surface area contributed by atoms with E-state index in [1.54, 1.807) is 12.1 Å². The van der Waals surface area contributed by atoms with Crippen LogP contribution in [0.3, 0.4) is 0 Å². The van der Waals surface area contributed by atoms with E-state index in [-0.39, 0.29) is 0 Å². The van der Waals surface area contributed by atoms with Crippen molar-refractivity contribution in [2.24, 2.45) is 0 Å². The smallest absolute Gasteiger partial charge is 0.205 e. The molecule has 144 valence electrons. The van der Waals surface area contributed by atoms with Gasteiger partial charge in [-0.15, -0.1) is 0 Å². The number of anilines is 1. The number of nitrogens with one attached hydrogen (secondary N) is 2. The normalized spacial score (nSPS) is 11.1. The Hall–Kier alpha value is -1.73. The lowest BCUT2D eigenvalue weighted by atomic mass is 10.2. The molecule has 0 spiro atoms. The summed E-state index contributed by atoms with van der Waals surface area (Å²) in [6.45, 7) is 4.54. The molecular formula is C18H20Cl3N5O. The van der Waals surface area contributed by atoms with E-state index in [2.05, 4.69) is 20.3 Å². The lowest BCUT2D eigenvalue weighted by Crippen LogP contribution is -2.29. The second-order valence-corrected chi connectivity index (χ2v) is 7.20. The number of likely N-dealkylation sites (N-methyl/N-ethyl adjacent to an activating group) is 1. The Kier molecular flexibility index (Phi) is 6.65. The van der Waals surface area contributed by atoms with Crippen molar-refractivity contribution in [3.63, 3.8) is 0 Å². The number of aromatic nitrogens is 3. The summed E-state index contributed by atoms with van der Waals surface area (Å²) in [5.74, 6) is 1.41. The molecule has 0 atom stereocenters. The maximum atomic E-state index is 6.23. The molecule has 0 aliphatic carbocycles. The van der Waals surface area contributed by atoms with Crippen LogP contribution in [0.25, 0.3) is 11.2 Å². The quantitative estimate of drug-likeness (QED) is 0.407. The molecule has 3 aromatic rings. The van der Waals surface area contributed by atoms with Gasteiger partial charge in [0.05, 0.1) is 17.1 Å². The van der Waals surface area contributed by atoms with E-state index in [9.17, 15) is 0 Å². The molecule has 3 rings (SSSR count). The van der Waals surface area contributed by atoms with Gasteiger partial charge >= 0.3 is 0 Å². The topological polar surface area (TPSA) is 66.1 Å². The summed E-state index contributed by atoms with van der Waals surface area (Å²) in [4.78, 5) is 13.9. The fraction of sp³-hybridized carbons (Fsp3) is 0.333. The van der Waals surface area contributed by atoms with Gasteiger partial charge < -0.3 is 19.9 Å². The summed E-state index contributed by atoms with van der Waals surface area (Å²) in [5, 5.41) is 4.92. The molecule has 2 heterocycles. The van der Waals surface area contributed by atoms with E-state index in [1.165, 1.54) is 0 Å². The van der Waals surface area contributed by atoms with Crippen LogP contribution in [0.5, 0.6) is 5.75 Å². The molecular weight excluding hydrogens is 409 g/mol. The largest absolute Gasteiger partial charge is 0.492 e. The fourth-order valence-electron chi connectivity index (χ4n) is 2.66. The number of imidazole rings is 1. The van der Waals surface area contributed by atoms with Gasteiger partial charge in [-0.25, -0.2) is 4.98 Å². The highest BCUT2D eigenvalue weighted by molar-refractivity contribution is 6.35. The molecule has 1 aromatic carbocycles. The van der Waals surface area contributed by atoms with Crippen molar-refractivity contribution in [2.45, 2.75) is 13.5 Å². The Bertz CT molecular complexity index is 931. The van der Waals surface area contributed by atoms with E-state index < -0.39 is 0 Å². The summed E-state index contributed by atoms with van der Waals surface area (Å²) < 4.78 is 5.64. The molecule has 9 heteroatoms. The number of hydrogen-bond acceptors (Lipinski definition) is 5. The van der Waals surface area contributed by atoms with E-state index in [1.807, 2.05) is 31.0 Å². The third kappa shape index (κ3) is 4.96. The molecule has 0 bridgehead atoms. The molecule has 2 N–H and O–H groups in total. The lowest BCUT2D eigenvalue weighted by molar-refractivity contribution is 0.336. The second kappa shape index (κ2) is 8.97. The highest BCUT2D eigenvalue weighted by Crippen LogP contribution is 2.32. The molecule has 0 amide bonds. The number of halogens is 3. The number of benzene rings is 1. The van der Waals surface area contributed by atoms with E-state index >= 15 is 0 Å². The number of hydrogen-bond donors (Lipinski definition) is 2. The van der Waals surface area contributed by atoms with Crippen LogP contribution >= 0.6 is 34.8 Å². The predicted molar refractivity (Wildman–Crippen MR) is 112 cm³/mol. The zero-order valence-electron chi connectivity index (χ0n) is 15.0. The first-order valence-corrected chi connectivity index (χ1v) is 9.66. The van der Waals surface area contributed by atoms with Crippen molar-refractivity contribution in [3.8, 4) is 5.75 Å². The van der Waals surface area contributed by atoms with Crippen molar-refractivity contribution in [1.82, 2.24) is 20.3 Å². The number of ether oxygens (including phenoxy) is 1. The first kappa shape index (κ1) is 20.0. The van der Waals surface area contributed by atoms with Gasteiger partial charge in [-0.1, -0.05) is 34.8 Å². The highest BCUT2D eigenvalue weighted by atomic mass is 35.5. The van der Waals surface area contributed by atoms with Crippen molar-refractivity contribution < 1.29 is 4.74 Å². The molecule has 0 radical (unpaired) electrons. The van der Waals surface area contributed by atoms with Gasteiger partial charge in [-0.2, -0.15) is 4.98 Å². The number of pyridine rings is 1. The number of nitrogens with zero attached hydrogens (tertiary/aromatic N) is 3. The first-order valence-electron chi connectivity index (χ1n) is 8.52. The predicted octanol–water partition coefficient (Wildman–Crippen LogP) is 4.54. The Morgan fingerprint density at radius 2 is 2.00 bits per heavy atom. The van der Waals surface area contributed by atoms with E-state index in [0.717, 1.165) is 30.1 Å². The van der Waals surface area contributed by atoms with Crippen LogP contribution in [0, 0.1) is 0 Å². The average Bonchev–Trinajstić information content (AvgIpc) is 3.04. The second-order valence-electron chi connectivity index (χ2n) is 5.97. The summed E-state index contributed by atoms with van der Waals surface area (Å²) >= 11 is 18.3. The third-order valence-electron chi connectivity index (χ3n) is 3.97. The van der Waals surface area contributed by atoms with Crippen LogP contribution in [0.2, 0.25) is 15.2 Å². The van der Waals surface area contributed by atoms with Gasteiger partial charge in [0, 0.05) is 37.3 Å². The van der Waals surface area contributed by atoms with Crippen molar-refractivity contribution in [3.05, 3.63) is 45.0 Å². The number of H-pyrrole nitrogens is 1. The molecule has 0 unspecified atom stereocenters. The Morgan fingerprint density at radius 3 is 2.78 bits per heavy atom. The SMILES string of the molecule is CCOc1c(Cl)cc(Cl)cc1CNCCN(C)c1nc2nc(Cl)ccc2[nH]1. The van der Waals surface area contributed by atoms with Crippen LogP contribution in [0.1, 0.15) is 12.5 Å². The number of fused-ring (bicyclic) bond motifs is 1. The third-order valence-corrected chi connectivity index (χ3v) is 4.68. The van der Waals surface area contributed by atoms with Crippen LogP contribution in [-0.4, -0.2) is 41.7 Å². The fourth-order valence-corrected chi connectivity index (χ4v) is 3.40. The Labute approximate surface area is 172 Å². The van der Waals surface area contributed by atoms with Gasteiger partial charge in [0.25, 0.3) is 0 Å². The van der Waals surface area contributed by atoms with Crippen LogP contribution in [-0.2, 0) is 6.54 Å². The minimum atomic E-state index is 0.426. The van der Waals surface area contributed by atoms with Gasteiger partial charge in [0.1, 0.15) is 10.9 Å². The maximum absolute atomic E-state index is 6.23. The van der Waals surface area contributed by atoms with Gasteiger partial charge in [0.2, 0.25) is 5.95 Å². The van der Waals surface area contributed by atoms with Crippen LogP contribution in [0.4, 0.5) is 5.95 Å². The summed E-state index contributed by atoms with van der Waals surface area (Å²) in [6.07, 6.45) is 0. The zero-order valence-corrected chi connectivity index (χ0v) is 17.3. The number of aromatic amines is 1. The molecule has 0 aliphatic rings. The van der Waals surface area contributed by atoms with Crippen molar-refractivity contribution in [2.75, 3.05) is 31.6 Å². The summed E-state index contributed by atoms with van der Waals surface area (Å²) in [7, 11) is 1.96. The van der Waals surface area contributed by atoms with E-state index in [4.69, 9.17) is 39.5 Å². The molecule has 2 aromatic heterocycles. The maximum Gasteiger partial charge on any atom is 0.205 e. The molecule has 0 fully saturated rings. The van der Waals surface area contributed by atoms with Crippen molar-refractivity contribution in [1.29, 1.82) is 0 Å². The van der Waals surface area contributed by atoms with Gasteiger partial charge in [-0.3, -0.25) is 0 Å². The first-order chi connectivity index (χ1) is 13.0. The molecule has 0 saturated heterocycles. The minimum absolute atomic E-state index is 0.426.